The Balaban J connectivity index is 0.794. The van der Waals surface area contributed by atoms with Gasteiger partial charge in [-0.05, 0) is 92.3 Å². The number of pyridine rings is 1. The fourth-order valence-corrected chi connectivity index (χ4v) is 11.5. The maximum Gasteiger partial charge on any atom is 0.259 e. The van der Waals surface area contributed by atoms with Crippen LogP contribution in [0.2, 0.25) is 0 Å². The minimum atomic E-state index is -3.72. The number of nitrogens with zero attached hydrogens (tertiary/aromatic N) is 8. The summed E-state index contributed by atoms with van der Waals surface area (Å²) >= 11 is 1.42. The first-order valence-corrected chi connectivity index (χ1v) is 25.5. The van der Waals surface area contributed by atoms with Crippen LogP contribution in [-0.4, -0.2) is 92.9 Å². The molecule has 3 N–H and O–H groups in total. The average Bonchev–Trinajstić information content (AvgIpc) is 3.97. The Labute approximate surface area is 393 Å². The number of rotatable bonds is 13. The van der Waals surface area contributed by atoms with Crippen LogP contribution in [0.15, 0.2) is 78.1 Å². The Morgan fingerprint density at radius 3 is 2.49 bits per heavy atom. The lowest BCUT2D eigenvalue weighted by Crippen LogP contribution is -2.44. The molecule has 0 aliphatic carbocycles. The van der Waals surface area contributed by atoms with E-state index < -0.39 is 27.8 Å². The van der Waals surface area contributed by atoms with Crippen LogP contribution in [0.1, 0.15) is 89.7 Å². The highest BCUT2D eigenvalue weighted by Gasteiger charge is 2.31. The zero-order chi connectivity index (χ0) is 47.0. The minimum Gasteiger partial charge on any atom is -0.371 e. The quantitative estimate of drug-likeness (QED) is 0.0962. The Bertz CT molecular complexity index is 2980. The number of likely N-dealkylation sites (tertiary alicyclic amines) is 1. The maximum atomic E-state index is 16.1. The van der Waals surface area contributed by atoms with Gasteiger partial charge in [-0.25, -0.2) is 27.8 Å². The second-order valence-electron chi connectivity index (χ2n) is 18.9. The molecule has 0 unspecified atom stereocenters. The van der Waals surface area contributed by atoms with Gasteiger partial charge in [-0.3, -0.25) is 29.1 Å². The molecule has 0 radical (unpaired) electrons. The summed E-state index contributed by atoms with van der Waals surface area (Å²) in [5.41, 5.74) is 2.26. The van der Waals surface area contributed by atoms with E-state index in [1.54, 1.807) is 43.7 Å². The lowest BCUT2D eigenvalue weighted by molar-refractivity contribution is -0.135. The number of fused-ring (bicyclic) bond motifs is 1. The van der Waals surface area contributed by atoms with E-state index >= 15 is 4.39 Å². The molecule has 67 heavy (non-hydrogen) atoms. The third-order valence-corrected chi connectivity index (χ3v) is 15.9. The molecule has 2 amide bonds. The van der Waals surface area contributed by atoms with Gasteiger partial charge in [-0.1, -0.05) is 33.8 Å². The van der Waals surface area contributed by atoms with Crippen molar-refractivity contribution < 1.29 is 22.4 Å². The molecule has 352 valence electrons. The number of hydrogen-bond acceptors (Lipinski definition) is 13. The van der Waals surface area contributed by atoms with Crippen molar-refractivity contribution in [2.45, 2.75) is 90.1 Å². The second-order valence-corrected chi connectivity index (χ2v) is 21.7. The molecular formula is C48H56FN11O5S2. The van der Waals surface area contributed by atoms with Crippen molar-refractivity contribution in [1.82, 2.24) is 39.5 Å². The number of benzene rings is 2. The fourth-order valence-electron chi connectivity index (χ4n) is 9.30. The molecule has 3 aliphatic heterocycles. The average molecular weight is 950 g/mol. The van der Waals surface area contributed by atoms with Gasteiger partial charge in [0.25, 0.3) is 5.56 Å². The van der Waals surface area contributed by atoms with Gasteiger partial charge in [0.15, 0.2) is 5.82 Å². The van der Waals surface area contributed by atoms with Gasteiger partial charge in [0.05, 0.1) is 50.6 Å². The minimum absolute atomic E-state index is 0.118. The van der Waals surface area contributed by atoms with Crippen LogP contribution >= 0.6 is 11.3 Å². The molecule has 4 aromatic heterocycles. The van der Waals surface area contributed by atoms with E-state index in [1.165, 1.54) is 22.0 Å². The van der Waals surface area contributed by atoms with Gasteiger partial charge in [-0.2, -0.15) is 5.10 Å². The van der Waals surface area contributed by atoms with Crippen LogP contribution in [0.25, 0.3) is 32.6 Å². The topological polar surface area (TPSA) is 189 Å². The monoisotopic (exact) mass is 949 g/mol. The van der Waals surface area contributed by atoms with E-state index in [-0.39, 0.29) is 46.3 Å². The van der Waals surface area contributed by atoms with Gasteiger partial charge in [0.2, 0.25) is 27.8 Å². The molecule has 3 saturated heterocycles. The van der Waals surface area contributed by atoms with Gasteiger partial charge in [0, 0.05) is 79.8 Å². The third kappa shape index (κ3) is 10.1. The smallest absolute Gasteiger partial charge is 0.259 e. The predicted molar refractivity (Wildman–Crippen MR) is 260 cm³/mol. The number of carbonyl (C=O) groups excluding carboxylic acids is 2. The van der Waals surface area contributed by atoms with Gasteiger partial charge in [-0.15, -0.1) is 11.3 Å². The molecule has 2 aromatic carbocycles. The Hall–Kier alpha value is -6.05. The molecule has 0 saturated carbocycles. The van der Waals surface area contributed by atoms with E-state index in [9.17, 15) is 22.8 Å². The van der Waals surface area contributed by atoms with E-state index in [0.717, 1.165) is 80.2 Å². The second kappa shape index (κ2) is 18.9. The van der Waals surface area contributed by atoms with Crippen LogP contribution in [0, 0.1) is 11.7 Å². The number of aromatic nitrogens is 6. The summed E-state index contributed by atoms with van der Waals surface area (Å²) in [6.45, 7) is 12.8. The van der Waals surface area contributed by atoms with Crippen LogP contribution in [0.4, 0.5) is 27.4 Å². The zero-order valence-corrected chi connectivity index (χ0v) is 39.8. The molecular weight excluding hydrogens is 894 g/mol. The lowest BCUT2D eigenvalue weighted by Gasteiger charge is -2.38. The highest BCUT2D eigenvalue weighted by molar-refractivity contribution is 7.92. The number of nitrogens with one attached hydrogen (secondary N) is 3. The Morgan fingerprint density at radius 1 is 0.955 bits per heavy atom. The fraction of sp³-hybridized carbons (Fsp3) is 0.438. The number of halogens is 1. The predicted octanol–water partition coefficient (Wildman–Crippen LogP) is 7.64. The van der Waals surface area contributed by atoms with Gasteiger partial charge >= 0.3 is 0 Å². The third-order valence-electron chi connectivity index (χ3n) is 12.9. The Morgan fingerprint density at radius 2 is 1.75 bits per heavy atom. The molecule has 1 atom stereocenters. The van der Waals surface area contributed by atoms with E-state index in [4.69, 9.17) is 15.1 Å². The van der Waals surface area contributed by atoms with Crippen LogP contribution in [0.3, 0.4) is 0 Å². The molecule has 0 bridgehead atoms. The normalized spacial score (nSPS) is 18.1. The van der Waals surface area contributed by atoms with E-state index in [1.807, 2.05) is 49.8 Å². The summed E-state index contributed by atoms with van der Waals surface area (Å²) in [4.78, 5) is 57.3. The van der Waals surface area contributed by atoms with Crippen LogP contribution in [-0.2, 0) is 25.0 Å². The largest absolute Gasteiger partial charge is 0.371 e. The summed E-state index contributed by atoms with van der Waals surface area (Å²) in [5.74, 6) is -0.603. The maximum absolute atomic E-state index is 16.1. The number of sulfonamides is 1. The molecule has 16 nitrogen and oxygen atoms in total. The summed E-state index contributed by atoms with van der Waals surface area (Å²) in [6, 6.07) is 13.8. The summed E-state index contributed by atoms with van der Waals surface area (Å²) in [7, 11) is -3.72. The SMILES string of the molecule is CCCS(=O)(=O)Nc1cccc(-c2nc(C(C)(C)C)sc2-c2ccnc(Nc3cnn(C4CCN(CC5CCN(c6ccc7c(=O)n([C@@H]8CCC(=O)NC8=O)ccc7c6)CC5)CC4)c3)n2)c1F. The number of hydrogen-bond donors (Lipinski definition) is 3. The summed E-state index contributed by atoms with van der Waals surface area (Å²) in [5, 5.41) is 12.6. The number of thiazole rings is 1. The Kier molecular flexibility index (Phi) is 13.0. The number of imide groups is 1. The highest BCUT2D eigenvalue weighted by atomic mass is 32.2. The van der Waals surface area contributed by atoms with Crippen molar-refractivity contribution in [1.29, 1.82) is 0 Å². The number of piperidine rings is 3. The van der Waals surface area contributed by atoms with Gasteiger partial charge < -0.3 is 19.7 Å². The summed E-state index contributed by atoms with van der Waals surface area (Å²) < 4.78 is 47.1. The van der Waals surface area contributed by atoms with Crippen molar-refractivity contribution in [3.63, 3.8) is 0 Å². The van der Waals surface area contributed by atoms with Crippen molar-refractivity contribution >= 4 is 67.0 Å². The molecule has 6 aromatic rings. The first kappa shape index (κ1) is 46.1. The molecule has 3 aliphatic rings. The highest BCUT2D eigenvalue weighted by Crippen LogP contribution is 2.42. The number of amides is 2. The molecule has 3 fully saturated rings. The van der Waals surface area contributed by atoms with Crippen molar-refractivity contribution in [3.05, 3.63) is 94.5 Å². The first-order chi connectivity index (χ1) is 32.1. The molecule has 7 heterocycles. The van der Waals surface area contributed by atoms with Crippen molar-refractivity contribution in [2.75, 3.05) is 53.4 Å². The summed E-state index contributed by atoms with van der Waals surface area (Å²) in [6.07, 6.45) is 12.2. The number of carbonyl (C=O) groups is 2. The van der Waals surface area contributed by atoms with Crippen molar-refractivity contribution in [2.24, 2.45) is 5.92 Å². The number of anilines is 4. The zero-order valence-electron chi connectivity index (χ0n) is 38.2. The molecule has 0 spiro atoms. The standard InChI is InChI=1S/C48H56FN11O5S2/c1-5-25-67(64,65)56-37-8-6-7-36(41(37)49)42-43(66-46(55-42)48(2,3)4)38-13-19-50-47(53-38)52-32-27-51-60(29-32)33-17-20-57(21-18-33)28-30-14-22-58(23-15-30)34-9-10-35-31(26-34)16-24-59(45(35)63)39-11-12-40(61)54-44(39)62/h6-10,13,16,19,24,26-27,29-30,33,39,56H,5,11-12,14-15,17-18,20-23,25,28H2,1-4H3,(H,50,52,53)(H,54,61,62)/t39-/m1/s1. The molecule has 19 heteroatoms. The first-order valence-electron chi connectivity index (χ1n) is 23.0. The van der Waals surface area contributed by atoms with Crippen LogP contribution in [0.5, 0.6) is 0 Å². The van der Waals surface area contributed by atoms with Gasteiger partial charge in [0.1, 0.15) is 6.04 Å². The molecule has 9 rings (SSSR count). The van der Waals surface area contributed by atoms with E-state index in [0.29, 0.717) is 46.4 Å². The van der Waals surface area contributed by atoms with Crippen LogP contribution < -0.4 is 25.8 Å². The van der Waals surface area contributed by atoms with E-state index in [2.05, 4.69) is 36.2 Å². The van der Waals surface area contributed by atoms with Crippen molar-refractivity contribution in [3.8, 4) is 21.8 Å². The lowest BCUT2D eigenvalue weighted by atomic mass is 9.94.